The molecule has 0 N–H and O–H groups in total. The van der Waals surface area contributed by atoms with Crippen molar-refractivity contribution < 1.29 is 9.53 Å². The van der Waals surface area contributed by atoms with Crippen molar-refractivity contribution in [2.24, 2.45) is 7.05 Å². The smallest absolute Gasteiger partial charge is 0.342 e. The van der Waals surface area contributed by atoms with Gasteiger partial charge in [-0.15, -0.1) is 11.3 Å². The lowest BCUT2D eigenvalue weighted by Gasteiger charge is -2.02. The summed E-state index contributed by atoms with van der Waals surface area (Å²) in [5.74, 6) is -0.350. The average Bonchev–Trinajstić information content (AvgIpc) is 2.97. The van der Waals surface area contributed by atoms with Crippen LogP contribution >= 0.6 is 11.3 Å². The molecule has 3 rings (SSSR count). The Hall–Kier alpha value is -2.21. The number of carbonyl (C=O) groups is 1. The Labute approximate surface area is 126 Å². The van der Waals surface area contributed by atoms with Crippen LogP contribution in [0.25, 0.3) is 10.2 Å². The van der Waals surface area contributed by atoms with Gasteiger partial charge in [0.05, 0.1) is 15.9 Å². The summed E-state index contributed by atoms with van der Waals surface area (Å²) in [7, 11) is 1.81. The summed E-state index contributed by atoms with van der Waals surface area (Å²) in [6.07, 6.45) is 0. The maximum absolute atomic E-state index is 12.2. The fourth-order valence-electron chi connectivity index (χ4n) is 2.25. The van der Waals surface area contributed by atoms with Gasteiger partial charge in [0.15, 0.2) is 0 Å². The Morgan fingerprint density at radius 1 is 1.33 bits per heavy atom. The molecule has 0 aliphatic rings. The van der Waals surface area contributed by atoms with Gasteiger partial charge < -0.3 is 4.74 Å². The maximum atomic E-state index is 12.2. The van der Waals surface area contributed by atoms with Crippen LogP contribution in [0.3, 0.4) is 0 Å². The van der Waals surface area contributed by atoms with E-state index in [4.69, 9.17) is 4.74 Å². The van der Waals surface area contributed by atoms with Gasteiger partial charge >= 0.3 is 5.97 Å². The summed E-state index contributed by atoms with van der Waals surface area (Å²) in [5.41, 5.74) is 2.96. The normalized spacial score (nSPS) is 11.0. The van der Waals surface area contributed by atoms with Crippen LogP contribution in [0.2, 0.25) is 0 Å². The molecule has 2 heterocycles. The van der Waals surface area contributed by atoms with E-state index < -0.39 is 0 Å². The number of fused-ring (bicyclic) bond motifs is 1. The number of aromatic nitrogens is 3. The van der Waals surface area contributed by atoms with Crippen LogP contribution in [0, 0.1) is 13.8 Å². The molecule has 0 bridgehead atoms. The summed E-state index contributed by atoms with van der Waals surface area (Å²) in [6.45, 7) is 3.85. The van der Waals surface area contributed by atoms with Gasteiger partial charge in [-0.1, -0.05) is 12.1 Å². The molecule has 108 valence electrons. The molecule has 0 aliphatic carbocycles. The second-order valence-electron chi connectivity index (χ2n) is 4.82. The zero-order valence-corrected chi connectivity index (χ0v) is 12.9. The first-order valence-electron chi connectivity index (χ1n) is 6.58. The molecule has 1 aromatic carbocycles. The van der Waals surface area contributed by atoms with Crippen LogP contribution in [-0.4, -0.2) is 20.7 Å². The Morgan fingerprint density at radius 3 is 2.76 bits per heavy atom. The molecular formula is C15H15N3O2S. The summed E-state index contributed by atoms with van der Waals surface area (Å²) in [4.78, 5) is 16.6. The number of rotatable bonds is 3. The van der Waals surface area contributed by atoms with Crippen molar-refractivity contribution in [1.82, 2.24) is 14.8 Å². The third-order valence-electron chi connectivity index (χ3n) is 3.38. The van der Waals surface area contributed by atoms with Crippen LogP contribution in [0.1, 0.15) is 26.8 Å². The number of hydrogen-bond donors (Lipinski definition) is 0. The monoisotopic (exact) mass is 301 g/mol. The fraction of sp³-hybridized carbons (Fsp3) is 0.267. The first-order chi connectivity index (χ1) is 10.1. The predicted octanol–water partition coefficient (Wildman–Crippen LogP) is 3.00. The van der Waals surface area contributed by atoms with Gasteiger partial charge in [-0.2, -0.15) is 5.10 Å². The highest BCUT2D eigenvalue weighted by Gasteiger charge is 2.19. The van der Waals surface area contributed by atoms with Crippen molar-refractivity contribution >= 4 is 27.5 Å². The lowest BCUT2D eigenvalue weighted by Crippen LogP contribution is -2.07. The molecular weight excluding hydrogens is 286 g/mol. The Kier molecular flexibility index (Phi) is 3.47. The van der Waals surface area contributed by atoms with Crippen LogP contribution < -0.4 is 0 Å². The van der Waals surface area contributed by atoms with E-state index in [1.807, 2.05) is 38.2 Å². The number of para-hydroxylation sites is 1. The highest BCUT2D eigenvalue weighted by Crippen LogP contribution is 2.22. The molecule has 6 heteroatoms. The van der Waals surface area contributed by atoms with Gasteiger partial charge in [0, 0.05) is 12.7 Å². The van der Waals surface area contributed by atoms with Crippen molar-refractivity contribution in [3.05, 3.63) is 46.2 Å². The third kappa shape index (κ3) is 2.54. The Bertz CT molecular complexity index is 787. The van der Waals surface area contributed by atoms with E-state index in [0.29, 0.717) is 11.3 Å². The van der Waals surface area contributed by atoms with E-state index in [-0.39, 0.29) is 12.6 Å². The minimum atomic E-state index is -0.350. The summed E-state index contributed by atoms with van der Waals surface area (Å²) < 4.78 is 8.15. The van der Waals surface area contributed by atoms with Crippen LogP contribution in [0.4, 0.5) is 0 Å². The van der Waals surface area contributed by atoms with E-state index in [9.17, 15) is 4.79 Å². The van der Waals surface area contributed by atoms with Gasteiger partial charge in [-0.25, -0.2) is 9.78 Å². The zero-order valence-electron chi connectivity index (χ0n) is 12.1. The molecule has 0 spiro atoms. The number of benzene rings is 1. The van der Waals surface area contributed by atoms with Crippen molar-refractivity contribution in [2.75, 3.05) is 0 Å². The lowest BCUT2D eigenvalue weighted by molar-refractivity contribution is 0.0471. The highest BCUT2D eigenvalue weighted by molar-refractivity contribution is 7.18. The minimum Gasteiger partial charge on any atom is -0.455 e. The largest absolute Gasteiger partial charge is 0.455 e. The number of aryl methyl sites for hydroxylation is 2. The lowest BCUT2D eigenvalue weighted by atomic mass is 10.2. The molecule has 2 aromatic heterocycles. The van der Waals surface area contributed by atoms with Crippen LogP contribution in [0.15, 0.2) is 24.3 Å². The first-order valence-corrected chi connectivity index (χ1v) is 7.39. The SMILES string of the molecule is Cc1nn(C)c(C)c1C(=O)OCc1nc2ccccc2s1. The number of ether oxygens (including phenoxy) is 1. The molecule has 0 atom stereocenters. The van der Waals surface area contributed by atoms with Gasteiger partial charge in [0.2, 0.25) is 0 Å². The number of carbonyl (C=O) groups excluding carboxylic acids is 1. The molecule has 21 heavy (non-hydrogen) atoms. The van der Waals surface area contributed by atoms with E-state index >= 15 is 0 Å². The van der Waals surface area contributed by atoms with Crippen LogP contribution in [-0.2, 0) is 18.4 Å². The zero-order chi connectivity index (χ0) is 15.0. The maximum Gasteiger partial charge on any atom is 0.342 e. The average molecular weight is 301 g/mol. The van der Waals surface area contributed by atoms with Gasteiger partial charge in [-0.05, 0) is 26.0 Å². The molecule has 0 amide bonds. The van der Waals surface area contributed by atoms with Gasteiger partial charge in [-0.3, -0.25) is 4.68 Å². The van der Waals surface area contributed by atoms with Gasteiger partial charge in [0.25, 0.3) is 0 Å². The molecule has 3 aromatic rings. The van der Waals surface area contributed by atoms with Crippen LogP contribution in [0.5, 0.6) is 0 Å². The summed E-state index contributed by atoms with van der Waals surface area (Å²) in [6, 6.07) is 7.87. The van der Waals surface area contributed by atoms with Gasteiger partial charge in [0.1, 0.15) is 17.2 Å². The Morgan fingerprint density at radius 2 is 2.10 bits per heavy atom. The molecule has 0 aliphatic heterocycles. The molecule has 0 saturated carbocycles. The predicted molar refractivity (Wildman–Crippen MR) is 81.4 cm³/mol. The summed E-state index contributed by atoms with van der Waals surface area (Å²) >= 11 is 1.54. The molecule has 0 unspecified atom stereocenters. The fourth-order valence-corrected chi connectivity index (χ4v) is 3.13. The minimum absolute atomic E-state index is 0.186. The number of hydrogen-bond acceptors (Lipinski definition) is 5. The molecule has 5 nitrogen and oxygen atoms in total. The highest BCUT2D eigenvalue weighted by atomic mass is 32.1. The van der Waals surface area contributed by atoms with E-state index in [1.165, 1.54) is 11.3 Å². The third-order valence-corrected chi connectivity index (χ3v) is 4.39. The standard InChI is InChI=1S/C15H15N3O2S/c1-9-14(10(2)18(3)17-9)15(19)20-8-13-16-11-6-4-5-7-12(11)21-13/h4-7H,8H2,1-3H3. The molecule has 0 saturated heterocycles. The van der Waals surface area contributed by atoms with E-state index in [2.05, 4.69) is 10.1 Å². The van der Waals surface area contributed by atoms with Crippen molar-refractivity contribution in [2.45, 2.75) is 20.5 Å². The topological polar surface area (TPSA) is 57.0 Å². The summed E-state index contributed by atoms with van der Waals surface area (Å²) in [5, 5.41) is 5.02. The molecule has 0 fully saturated rings. The van der Waals surface area contributed by atoms with E-state index in [0.717, 1.165) is 20.9 Å². The Balaban J connectivity index is 1.76. The second kappa shape index (κ2) is 5.29. The number of thiazole rings is 1. The quantitative estimate of drug-likeness (QED) is 0.698. The number of esters is 1. The van der Waals surface area contributed by atoms with Crippen molar-refractivity contribution in [3.8, 4) is 0 Å². The molecule has 0 radical (unpaired) electrons. The van der Waals surface area contributed by atoms with E-state index in [1.54, 1.807) is 11.6 Å². The first kappa shape index (κ1) is 13.8. The second-order valence-corrected chi connectivity index (χ2v) is 5.94. The van der Waals surface area contributed by atoms with Crippen molar-refractivity contribution in [1.29, 1.82) is 0 Å². The van der Waals surface area contributed by atoms with Crippen molar-refractivity contribution in [3.63, 3.8) is 0 Å². The number of nitrogens with zero attached hydrogens (tertiary/aromatic N) is 3.